The van der Waals surface area contributed by atoms with E-state index in [1.165, 1.54) is 5.57 Å². The Labute approximate surface area is 67.5 Å². The summed E-state index contributed by atoms with van der Waals surface area (Å²) in [6, 6.07) is 0. The first-order chi connectivity index (χ1) is 5.26. The zero-order chi connectivity index (χ0) is 7.90. The van der Waals surface area contributed by atoms with E-state index < -0.39 is 0 Å². The summed E-state index contributed by atoms with van der Waals surface area (Å²) in [6.07, 6.45) is 6.58. The van der Waals surface area contributed by atoms with E-state index in [0.717, 1.165) is 25.1 Å². The standard InChI is InChI=1S/C10H13N/c1-8-4-3-5-10(8)6-7-11-9(10)2/h3-4,11H,1-2,5-7H2. The Kier molecular flexibility index (Phi) is 1.22. The van der Waals surface area contributed by atoms with Gasteiger partial charge in [-0.3, -0.25) is 0 Å². The molecular weight excluding hydrogens is 134 g/mol. The minimum atomic E-state index is 0.194. The smallest absolute Gasteiger partial charge is 0.0389 e. The van der Waals surface area contributed by atoms with E-state index in [1.54, 1.807) is 0 Å². The summed E-state index contributed by atoms with van der Waals surface area (Å²) in [6.45, 7) is 9.14. The lowest BCUT2D eigenvalue weighted by molar-refractivity contribution is 0.486. The molecule has 1 saturated heterocycles. The Hall–Kier alpha value is -0.980. The van der Waals surface area contributed by atoms with Crippen LogP contribution in [0.25, 0.3) is 0 Å². The van der Waals surface area contributed by atoms with Gasteiger partial charge in [-0.2, -0.15) is 0 Å². The van der Waals surface area contributed by atoms with Crippen LogP contribution in [0.3, 0.4) is 0 Å². The summed E-state index contributed by atoms with van der Waals surface area (Å²) in [5.74, 6) is 0. The molecule has 1 N–H and O–H groups in total. The van der Waals surface area contributed by atoms with Crippen molar-refractivity contribution in [1.82, 2.24) is 5.32 Å². The predicted octanol–water partition coefficient (Wildman–Crippen LogP) is 2.00. The molecule has 58 valence electrons. The highest BCUT2D eigenvalue weighted by Crippen LogP contribution is 2.47. The van der Waals surface area contributed by atoms with Gasteiger partial charge in [0, 0.05) is 17.7 Å². The van der Waals surface area contributed by atoms with Gasteiger partial charge in [-0.25, -0.2) is 0 Å². The van der Waals surface area contributed by atoms with Gasteiger partial charge >= 0.3 is 0 Å². The highest BCUT2D eigenvalue weighted by atomic mass is 14.9. The molecule has 1 nitrogen and oxygen atoms in total. The molecule has 1 unspecified atom stereocenters. The van der Waals surface area contributed by atoms with Crippen LogP contribution in [0.2, 0.25) is 0 Å². The molecule has 0 aromatic heterocycles. The van der Waals surface area contributed by atoms with Crippen LogP contribution in [0.4, 0.5) is 0 Å². The summed E-state index contributed by atoms with van der Waals surface area (Å²) in [5, 5.41) is 3.29. The van der Waals surface area contributed by atoms with Crippen molar-refractivity contribution in [3.05, 3.63) is 36.6 Å². The third kappa shape index (κ3) is 0.710. The largest absolute Gasteiger partial charge is 0.388 e. The number of hydrogen-bond donors (Lipinski definition) is 1. The monoisotopic (exact) mass is 147 g/mol. The van der Waals surface area contributed by atoms with Gasteiger partial charge in [0.15, 0.2) is 0 Å². The normalized spacial score (nSPS) is 35.3. The molecule has 2 rings (SSSR count). The van der Waals surface area contributed by atoms with Gasteiger partial charge in [-0.1, -0.05) is 25.3 Å². The van der Waals surface area contributed by atoms with Crippen molar-refractivity contribution in [3.63, 3.8) is 0 Å². The van der Waals surface area contributed by atoms with Gasteiger partial charge < -0.3 is 5.32 Å². The molecule has 1 heteroatoms. The van der Waals surface area contributed by atoms with Crippen molar-refractivity contribution in [2.24, 2.45) is 5.41 Å². The molecule has 0 amide bonds. The van der Waals surface area contributed by atoms with E-state index in [4.69, 9.17) is 0 Å². The van der Waals surface area contributed by atoms with Gasteiger partial charge in [0.05, 0.1) is 0 Å². The first-order valence-electron chi connectivity index (χ1n) is 4.05. The number of hydrogen-bond acceptors (Lipinski definition) is 1. The van der Waals surface area contributed by atoms with Crippen molar-refractivity contribution in [2.75, 3.05) is 6.54 Å². The summed E-state index contributed by atoms with van der Waals surface area (Å²) in [7, 11) is 0. The van der Waals surface area contributed by atoms with E-state index in [9.17, 15) is 0 Å². The first kappa shape index (κ1) is 6.71. The van der Waals surface area contributed by atoms with Crippen LogP contribution in [-0.2, 0) is 0 Å². The molecule has 2 aliphatic rings. The highest BCUT2D eigenvalue weighted by molar-refractivity contribution is 5.40. The number of allylic oxidation sites excluding steroid dienone is 3. The lowest BCUT2D eigenvalue weighted by Gasteiger charge is -2.24. The molecule has 1 heterocycles. The zero-order valence-corrected chi connectivity index (χ0v) is 6.69. The third-order valence-corrected chi connectivity index (χ3v) is 2.87. The molecule has 1 aliphatic carbocycles. The Morgan fingerprint density at radius 2 is 2.27 bits per heavy atom. The summed E-state index contributed by atoms with van der Waals surface area (Å²) >= 11 is 0. The molecule has 1 fully saturated rings. The molecule has 0 radical (unpaired) electrons. The minimum absolute atomic E-state index is 0.194. The molecule has 0 saturated carbocycles. The number of rotatable bonds is 0. The van der Waals surface area contributed by atoms with Crippen LogP contribution in [0.5, 0.6) is 0 Å². The van der Waals surface area contributed by atoms with Crippen molar-refractivity contribution in [1.29, 1.82) is 0 Å². The van der Waals surface area contributed by atoms with Gasteiger partial charge in [0.2, 0.25) is 0 Å². The predicted molar refractivity (Wildman–Crippen MR) is 47.1 cm³/mol. The maximum atomic E-state index is 4.05. The first-order valence-corrected chi connectivity index (χ1v) is 4.05. The minimum Gasteiger partial charge on any atom is -0.388 e. The Bertz CT molecular complexity index is 250. The molecule has 1 atom stereocenters. The maximum absolute atomic E-state index is 4.05. The van der Waals surface area contributed by atoms with E-state index in [1.807, 2.05) is 0 Å². The molecule has 0 aromatic rings. The second-order valence-corrected chi connectivity index (χ2v) is 3.37. The van der Waals surface area contributed by atoms with E-state index in [-0.39, 0.29) is 5.41 Å². The average Bonchev–Trinajstić information content (AvgIpc) is 2.48. The molecule has 0 aromatic carbocycles. The SMILES string of the molecule is C=C1C=CCC12CCNC2=C. The van der Waals surface area contributed by atoms with Gasteiger partial charge in [-0.05, 0) is 18.4 Å². The quantitative estimate of drug-likeness (QED) is 0.552. The van der Waals surface area contributed by atoms with Crippen LogP contribution in [0.15, 0.2) is 36.6 Å². The van der Waals surface area contributed by atoms with E-state index in [2.05, 4.69) is 30.6 Å². The Morgan fingerprint density at radius 3 is 2.73 bits per heavy atom. The van der Waals surface area contributed by atoms with Gasteiger partial charge in [-0.15, -0.1) is 0 Å². The molecule has 1 aliphatic heterocycles. The van der Waals surface area contributed by atoms with Crippen molar-refractivity contribution < 1.29 is 0 Å². The van der Waals surface area contributed by atoms with E-state index in [0.29, 0.717) is 0 Å². The summed E-state index contributed by atoms with van der Waals surface area (Å²) < 4.78 is 0. The fraction of sp³-hybridized carbons (Fsp3) is 0.400. The van der Waals surface area contributed by atoms with Crippen molar-refractivity contribution in [2.45, 2.75) is 12.8 Å². The Balaban J connectivity index is 2.36. The number of nitrogens with one attached hydrogen (secondary N) is 1. The van der Waals surface area contributed by atoms with Gasteiger partial charge in [0.1, 0.15) is 0 Å². The van der Waals surface area contributed by atoms with Crippen molar-refractivity contribution in [3.8, 4) is 0 Å². The van der Waals surface area contributed by atoms with Crippen LogP contribution >= 0.6 is 0 Å². The summed E-state index contributed by atoms with van der Waals surface area (Å²) in [5.41, 5.74) is 2.58. The second kappa shape index (κ2) is 2.00. The summed E-state index contributed by atoms with van der Waals surface area (Å²) in [4.78, 5) is 0. The molecule has 11 heavy (non-hydrogen) atoms. The van der Waals surface area contributed by atoms with Crippen molar-refractivity contribution >= 4 is 0 Å². The Morgan fingerprint density at radius 1 is 1.45 bits per heavy atom. The van der Waals surface area contributed by atoms with Crippen LogP contribution in [-0.4, -0.2) is 6.54 Å². The fourth-order valence-corrected chi connectivity index (χ4v) is 2.02. The van der Waals surface area contributed by atoms with Crippen LogP contribution < -0.4 is 5.32 Å². The lowest BCUT2D eigenvalue weighted by atomic mass is 9.79. The second-order valence-electron chi connectivity index (χ2n) is 3.37. The van der Waals surface area contributed by atoms with Crippen LogP contribution in [0, 0.1) is 5.41 Å². The van der Waals surface area contributed by atoms with E-state index >= 15 is 0 Å². The maximum Gasteiger partial charge on any atom is 0.0389 e. The molecular formula is C10H13N. The fourth-order valence-electron chi connectivity index (χ4n) is 2.02. The molecule has 1 spiro atoms. The zero-order valence-electron chi connectivity index (χ0n) is 6.69. The topological polar surface area (TPSA) is 12.0 Å². The lowest BCUT2D eigenvalue weighted by Crippen LogP contribution is -2.18. The van der Waals surface area contributed by atoms with Crippen LogP contribution in [0.1, 0.15) is 12.8 Å². The molecule has 0 bridgehead atoms. The average molecular weight is 147 g/mol. The highest BCUT2D eigenvalue weighted by Gasteiger charge is 2.40. The third-order valence-electron chi connectivity index (χ3n) is 2.87. The van der Waals surface area contributed by atoms with Gasteiger partial charge in [0.25, 0.3) is 0 Å².